The van der Waals surface area contributed by atoms with Gasteiger partial charge in [0.2, 0.25) is 5.95 Å². The molecule has 5 nitrogen and oxygen atoms in total. The summed E-state index contributed by atoms with van der Waals surface area (Å²) < 4.78 is 18.7. The number of carbonyl (C=O) groups excluding carboxylic acids is 1. The van der Waals surface area contributed by atoms with Crippen molar-refractivity contribution in [3.05, 3.63) is 66.4 Å². The molecule has 4 rings (SSSR count). The van der Waals surface area contributed by atoms with E-state index in [1.54, 1.807) is 12.3 Å². The van der Waals surface area contributed by atoms with Gasteiger partial charge < -0.3 is 10.1 Å². The fourth-order valence-corrected chi connectivity index (χ4v) is 3.20. The van der Waals surface area contributed by atoms with Crippen LogP contribution in [0.5, 0.6) is 0 Å². The van der Waals surface area contributed by atoms with E-state index in [0.29, 0.717) is 18.7 Å². The predicted molar refractivity (Wildman–Crippen MR) is 91.7 cm³/mol. The molecule has 1 fully saturated rings. The lowest BCUT2D eigenvalue weighted by Crippen LogP contribution is -2.31. The van der Waals surface area contributed by atoms with Gasteiger partial charge in [0, 0.05) is 30.3 Å². The Balaban J connectivity index is 1.58. The van der Waals surface area contributed by atoms with Gasteiger partial charge in [-0.05, 0) is 30.2 Å². The average Bonchev–Trinajstić information content (AvgIpc) is 3.12. The zero-order valence-electron chi connectivity index (χ0n) is 13.4. The number of ether oxygens (including phenoxy) is 1. The largest absolute Gasteiger partial charge is 0.368 e. The minimum Gasteiger partial charge on any atom is -0.368 e. The van der Waals surface area contributed by atoms with Gasteiger partial charge >= 0.3 is 0 Å². The minimum absolute atomic E-state index is 0.143. The molecule has 2 atom stereocenters. The van der Waals surface area contributed by atoms with E-state index in [-0.39, 0.29) is 11.8 Å². The summed E-state index contributed by atoms with van der Waals surface area (Å²) in [7, 11) is 0. The van der Waals surface area contributed by atoms with Gasteiger partial charge in [0.05, 0.1) is 11.2 Å². The van der Waals surface area contributed by atoms with Crippen LogP contribution < -0.4 is 5.32 Å². The molecule has 0 aliphatic carbocycles. The van der Waals surface area contributed by atoms with E-state index < -0.39 is 12.1 Å². The minimum atomic E-state index is -0.633. The number of carbonyl (C=O) groups is 1. The molecule has 0 radical (unpaired) electrons. The number of hydrogen-bond donors (Lipinski definition) is 1. The Morgan fingerprint density at radius 2 is 2.04 bits per heavy atom. The third-order valence-electron chi connectivity index (χ3n) is 4.42. The Labute approximate surface area is 143 Å². The second-order valence-electron chi connectivity index (χ2n) is 5.97. The van der Waals surface area contributed by atoms with Crippen LogP contribution in [0, 0.1) is 5.95 Å². The highest BCUT2D eigenvalue weighted by molar-refractivity contribution is 6.02. The standard InChI is InChI=1S/C19H16FN3O2/c20-16-7-6-13(11-22-16)14-8-10-25-18(14)19(24)23-15-5-1-3-12-4-2-9-21-17(12)15/h1-7,9,11,14,18H,8,10H2,(H,23,24)/t14-,18-/m0/s1. The fraction of sp³-hybridized carbons (Fsp3) is 0.211. The zero-order valence-corrected chi connectivity index (χ0v) is 13.4. The maximum Gasteiger partial charge on any atom is 0.254 e. The number of nitrogens with one attached hydrogen (secondary N) is 1. The molecule has 25 heavy (non-hydrogen) atoms. The van der Waals surface area contributed by atoms with Gasteiger partial charge in [-0.15, -0.1) is 0 Å². The van der Waals surface area contributed by atoms with Crippen molar-refractivity contribution in [2.75, 3.05) is 11.9 Å². The summed E-state index contributed by atoms with van der Waals surface area (Å²) in [6.45, 7) is 0.480. The van der Waals surface area contributed by atoms with Crippen molar-refractivity contribution in [2.24, 2.45) is 0 Å². The van der Waals surface area contributed by atoms with Gasteiger partial charge in [0.25, 0.3) is 5.91 Å². The summed E-state index contributed by atoms with van der Waals surface area (Å²) >= 11 is 0. The topological polar surface area (TPSA) is 64.1 Å². The zero-order chi connectivity index (χ0) is 17.2. The van der Waals surface area contributed by atoms with Crippen LogP contribution in [0.2, 0.25) is 0 Å². The summed E-state index contributed by atoms with van der Waals surface area (Å²) in [5, 5.41) is 3.87. The first kappa shape index (κ1) is 15.7. The number of amides is 1. The Hall–Kier alpha value is -2.86. The Morgan fingerprint density at radius 3 is 2.88 bits per heavy atom. The maximum atomic E-state index is 13.0. The molecule has 1 saturated heterocycles. The quantitative estimate of drug-likeness (QED) is 0.745. The van der Waals surface area contributed by atoms with E-state index in [1.165, 1.54) is 12.3 Å². The molecule has 1 aliphatic heterocycles. The highest BCUT2D eigenvalue weighted by Gasteiger charge is 2.35. The first-order valence-electron chi connectivity index (χ1n) is 8.10. The van der Waals surface area contributed by atoms with Crippen LogP contribution in [0.1, 0.15) is 17.9 Å². The number of pyridine rings is 2. The smallest absolute Gasteiger partial charge is 0.254 e. The van der Waals surface area contributed by atoms with E-state index in [4.69, 9.17) is 4.74 Å². The van der Waals surface area contributed by atoms with E-state index in [9.17, 15) is 9.18 Å². The molecular formula is C19H16FN3O2. The Bertz CT molecular complexity index is 909. The summed E-state index contributed by atoms with van der Waals surface area (Å²) in [4.78, 5) is 20.8. The molecule has 1 aliphatic rings. The number of aromatic nitrogens is 2. The second kappa shape index (κ2) is 6.57. The van der Waals surface area contributed by atoms with Crippen LogP contribution >= 0.6 is 0 Å². The summed E-state index contributed by atoms with van der Waals surface area (Å²) in [5.74, 6) is -0.911. The summed E-state index contributed by atoms with van der Waals surface area (Å²) in [5.41, 5.74) is 2.18. The van der Waals surface area contributed by atoms with Crippen LogP contribution in [-0.2, 0) is 9.53 Å². The van der Waals surface area contributed by atoms with Crippen molar-refractivity contribution in [3.8, 4) is 0 Å². The average molecular weight is 337 g/mol. The number of halogens is 1. The summed E-state index contributed by atoms with van der Waals surface area (Å²) in [6, 6.07) is 12.4. The first-order chi connectivity index (χ1) is 12.2. The van der Waals surface area contributed by atoms with E-state index in [0.717, 1.165) is 16.5 Å². The normalized spacial score (nSPS) is 19.9. The molecule has 1 N–H and O–H groups in total. The van der Waals surface area contributed by atoms with Crippen LogP contribution in [0.25, 0.3) is 10.9 Å². The number of fused-ring (bicyclic) bond motifs is 1. The highest BCUT2D eigenvalue weighted by Crippen LogP contribution is 2.32. The molecule has 0 spiro atoms. The van der Waals surface area contributed by atoms with Gasteiger partial charge in [-0.25, -0.2) is 4.98 Å². The number of anilines is 1. The number of nitrogens with zero attached hydrogens (tertiary/aromatic N) is 2. The Morgan fingerprint density at radius 1 is 1.16 bits per heavy atom. The number of rotatable bonds is 3. The van der Waals surface area contributed by atoms with Gasteiger partial charge in [-0.3, -0.25) is 9.78 Å². The van der Waals surface area contributed by atoms with Crippen molar-refractivity contribution in [1.82, 2.24) is 9.97 Å². The van der Waals surface area contributed by atoms with E-state index >= 15 is 0 Å². The van der Waals surface area contributed by atoms with Crippen LogP contribution in [0.15, 0.2) is 54.9 Å². The SMILES string of the molecule is O=C(Nc1cccc2cccnc12)[C@H]1OCC[C@H]1c1ccc(F)nc1. The van der Waals surface area contributed by atoms with Crippen molar-refractivity contribution in [2.45, 2.75) is 18.4 Å². The lowest BCUT2D eigenvalue weighted by molar-refractivity contribution is -0.125. The lowest BCUT2D eigenvalue weighted by Gasteiger charge is -2.18. The predicted octanol–water partition coefficient (Wildman–Crippen LogP) is 3.28. The number of para-hydroxylation sites is 1. The molecule has 1 amide bonds. The third-order valence-corrected chi connectivity index (χ3v) is 4.42. The Kier molecular flexibility index (Phi) is 4.11. The molecule has 0 saturated carbocycles. The van der Waals surface area contributed by atoms with E-state index in [1.807, 2.05) is 30.3 Å². The molecular weight excluding hydrogens is 321 g/mol. The number of hydrogen-bond acceptors (Lipinski definition) is 4. The van der Waals surface area contributed by atoms with E-state index in [2.05, 4.69) is 15.3 Å². The van der Waals surface area contributed by atoms with Crippen molar-refractivity contribution >= 4 is 22.5 Å². The van der Waals surface area contributed by atoms with Crippen molar-refractivity contribution < 1.29 is 13.9 Å². The fourth-order valence-electron chi connectivity index (χ4n) is 3.20. The third kappa shape index (κ3) is 3.08. The molecule has 3 aromatic rings. The van der Waals surface area contributed by atoms with Gasteiger partial charge in [0.15, 0.2) is 0 Å². The monoisotopic (exact) mass is 337 g/mol. The molecule has 3 heterocycles. The van der Waals surface area contributed by atoms with Gasteiger partial charge in [0.1, 0.15) is 6.10 Å². The van der Waals surface area contributed by atoms with Crippen LogP contribution in [-0.4, -0.2) is 28.6 Å². The molecule has 126 valence electrons. The van der Waals surface area contributed by atoms with Crippen LogP contribution in [0.4, 0.5) is 10.1 Å². The van der Waals surface area contributed by atoms with Crippen molar-refractivity contribution in [1.29, 1.82) is 0 Å². The van der Waals surface area contributed by atoms with Gasteiger partial charge in [-0.2, -0.15) is 4.39 Å². The molecule has 1 aromatic carbocycles. The molecule has 6 heteroatoms. The first-order valence-corrected chi connectivity index (χ1v) is 8.10. The second-order valence-corrected chi connectivity index (χ2v) is 5.97. The maximum absolute atomic E-state index is 13.0. The molecule has 2 aromatic heterocycles. The van der Waals surface area contributed by atoms with Crippen molar-refractivity contribution in [3.63, 3.8) is 0 Å². The molecule has 0 bridgehead atoms. The van der Waals surface area contributed by atoms with Gasteiger partial charge in [-0.1, -0.05) is 24.3 Å². The lowest BCUT2D eigenvalue weighted by atomic mass is 9.93. The summed E-state index contributed by atoms with van der Waals surface area (Å²) in [6.07, 6.45) is 3.22. The highest BCUT2D eigenvalue weighted by atomic mass is 19.1. The van der Waals surface area contributed by atoms with Crippen LogP contribution in [0.3, 0.4) is 0 Å². The molecule has 0 unspecified atom stereocenters. The number of benzene rings is 1.